The maximum Gasteiger partial charge on any atom is 0.337 e. The highest BCUT2D eigenvalue weighted by molar-refractivity contribution is 7.89. The summed E-state index contributed by atoms with van der Waals surface area (Å²) in [7, 11) is -3.61. The Labute approximate surface area is 158 Å². The first-order valence-corrected chi connectivity index (χ1v) is 10.4. The number of aryl methyl sites for hydroxylation is 1. The first kappa shape index (κ1) is 19.5. The number of aliphatic hydroxyl groups is 1. The minimum Gasteiger partial charge on any atom is -0.479 e. The van der Waals surface area contributed by atoms with Crippen molar-refractivity contribution in [2.24, 2.45) is 0 Å². The number of nitrogens with one attached hydrogen (secondary N) is 1. The summed E-state index contributed by atoms with van der Waals surface area (Å²) >= 11 is 0. The number of rotatable bonds is 6. The molecule has 0 saturated carbocycles. The summed E-state index contributed by atoms with van der Waals surface area (Å²) in [6.07, 6.45) is 0.725. The topological polar surface area (TPSA) is 104 Å². The Morgan fingerprint density at radius 3 is 2.59 bits per heavy atom. The summed E-state index contributed by atoms with van der Waals surface area (Å²) < 4.78 is 27.7. The molecular formula is C20H23NO5S. The van der Waals surface area contributed by atoms with E-state index in [1.165, 1.54) is 0 Å². The van der Waals surface area contributed by atoms with Gasteiger partial charge >= 0.3 is 5.97 Å². The molecule has 2 aromatic carbocycles. The SMILES string of the molecule is Cc1ccc(S(=O)(=O)NCC2CCCc3c2cccc3C(O)C(=O)O)cc1. The van der Waals surface area contributed by atoms with Crippen LogP contribution in [0.2, 0.25) is 0 Å². The molecule has 144 valence electrons. The highest BCUT2D eigenvalue weighted by atomic mass is 32.2. The van der Waals surface area contributed by atoms with Gasteiger partial charge in [0.1, 0.15) is 0 Å². The monoisotopic (exact) mass is 389 g/mol. The van der Waals surface area contributed by atoms with Crippen LogP contribution in [0.25, 0.3) is 0 Å². The van der Waals surface area contributed by atoms with Crippen molar-refractivity contribution >= 4 is 16.0 Å². The van der Waals surface area contributed by atoms with E-state index in [-0.39, 0.29) is 17.4 Å². The van der Waals surface area contributed by atoms with Gasteiger partial charge in [-0.25, -0.2) is 17.9 Å². The number of aliphatic carboxylic acids is 1. The van der Waals surface area contributed by atoms with Gasteiger partial charge in [-0.15, -0.1) is 0 Å². The van der Waals surface area contributed by atoms with Crippen molar-refractivity contribution in [3.8, 4) is 0 Å². The molecule has 0 saturated heterocycles. The van der Waals surface area contributed by atoms with Crippen molar-refractivity contribution in [2.45, 2.75) is 43.1 Å². The summed E-state index contributed by atoms with van der Waals surface area (Å²) in [6, 6.07) is 11.9. The normalized spacial score (nSPS) is 17.9. The van der Waals surface area contributed by atoms with Gasteiger partial charge in [-0.1, -0.05) is 35.9 Å². The maximum absolute atomic E-state index is 12.5. The summed E-state index contributed by atoms with van der Waals surface area (Å²) in [4.78, 5) is 11.4. The quantitative estimate of drug-likeness (QED) is 0.704. The fourth-order valence-corrected chi connectivity index (χ4v) is 4.67. The number of sulfonamides is 1. The summed E-state index contributed by atoms with van der Waals surface area (Å²) in [5, 5.41) is 19.1. The Morgan fingerprint density at radius 2 is 1.93 bits per heavy atom. The lowest BCUT2D eigenvalue weighted by atomic mass is 9.80. The Hall–Kier alpha value is -2.22. The predicted molar refractivity (Wildman–Crippen MR) is 101 cm³/mol. The Morgan fingerprint density at radius 1 is 1.22 bits per heavy atom. The van der Waals surface area contributed by atoms with Crippen LogP contribution < -0.4 is 4.72 Å². The zero-order valence-electron chi connectivity index (χ0n) is 15.1. The van der Waals surface area contributed by atoms with E-state index in [9.17, 15) is 18.3 Å². The second-order valence-corrected chi connectivity index (χ2v) is 8.68. The third-order valence-corrected chi connectivity index (χ3v) is 6.49. The van der Waals surface area contributed by atoms with E-state index >= 15 is 0 Å². The second kappa shape index (κ2) is 7.80. The average Bonchev–Trinajstić information content (AvgIpc) is 2.65. The molecule has 0 aromatic heterocycles. The van der Waals surface area contributed by atoms with E-state index in [0.29, 0.717) is 12.0 Å². The van der Waals surface area contributed by atoms with E-state index in [4.69, 9.17) is 5.11 Å². The van der Waals surface area contributed by atoms with Crippen LogP contribution in [0.15, 0.2) is 47.4 Å². The van der Waals surface area contributed by atoms with Crippen LogP contribution in [0, 0.1) is 6.92 Å². The molecule has 1 aliphatic rings. The van der Waals surface area contributed by atoms with E-state index < -0.39 is 22.1 Å². The van der Waals surface area contributed by atoms with Gasteiger partial charge in [-0.3, -0.25) is 0 Å². The molecule has 2 unspecified atom stereocenters. The number of carbonyl (C=O) groups is 1. The largest absolute Gasteiger partial charge is 0.479 e. The van der Waals surface area contributed by atoms with Crippen LogP contribution in [0.5, 0.6) is 0 Å². The van der Waals surface area contributed by atoms with E-state index in [0.717, 1.165) is 29.5 Å². The minimum atomic E-state index is -3.61. The van der Waals surface area contributed by atoms with E-state index in [2.05, 4.69) is 4.72 Å². The van der Waals surface area contributed by atoms with E-state index in [1.807, 2.05) is 13.0 Å². The lowest BCUT2D eigenvalue weighted by Crippen LogP contribution is -2.30. The fraction of sp³-hybridized carbons (Fsp3) is 0.350. The zero-order chi connectivity index (χ0) is 19.6. The first-order valence-electron chi connectivity index (χ1n) is 8.88. The molecule has 3 rings (SSSR count). The maximum atomic E-state index is 12.5. The number of aliphatic hydroxyl groups excluding tert-OH is 1. The van der Waals surface area contributed by atoms with Gasteiger partial charge < -0.3 is 10.2 Å². The molecule has 0 radical (unpaired) electrons. The minimum absolute atomic E-state index is 0.0603. The zero-order valence-corrected chi connectivity index (χ0v) is 15.9. The molecule has 0 spiro atoms. The van der Waals surface area contributed by atoms with Crippen molar-refractivity contribution in [1.82, 2.24) is 4.72 Å². The third-order valence-electron chi connectivity index (χ3n) is 5.05. The number of hydrogen-bond donors (Lipinski definition) is 3. The van der Waals surface area contributed by atoms with Gasteiger partial charge in [0, 0.05) is 6.54 Å². The van der Waals surface area contributed by atoms with Gasteiger partial charge in [-0.05, 0) is 60.9 Å². The molecule has 6 nitrogen and oxygen atoms in total. The molecule has 0 amide bonds. The molecule has 27 heavy (non-hydrogen) atoms. The number of hydrogen-bond acceptors (Lipinski definition) is 4. The molecule has 0 fully saturated rings. The van der Waals surface area contributed by atoms with Crippen molar-refractivity contribution in [2.75, 3.05) is 6.54 Å². The molecule has 0 heterocycles. The molecular weight excluding hydrogens is 366 g/mol. The Balaban J connectivity index is 1.81. The summed E-state index contributed by atoms with van der Waals surface area (Å²) in [5.41, 5.74) is 3.11. The molecule has 0 aliphatic heterocycles. The number of carboxylic acids is 1. The van der Waals surface area contributed by atoms with Crippen LogP contribution in [-0.2, 0) is 21.2 Å². The van der Waals surface area contributed by atoms with Gasteiger partial charge in [0.25, 0.3) is 0 Å². The van der Waals surface area contributed by atoms with Crippen molar-refractivity contribution in [1.29, 1.82) is 0 Å². The third kappa shape index (κ3) is 4.21. The van der Waals surface area contributed by atoms with Crippen LogP contribution in [0.4, 0.5) is 0 Å². The lowest BCUT2D eigenvalue weighted by Gasteiger charge is -2.28. The van der Waals surface area contributed by atoms with Crippen LogP contribution in [-0.4, -0.2) is 31.1 Å². The van der Waals surface area contributed by atoms with Gasteiger partial charge in [0.2, 0.25) is 10.0 Å². The lowest BCUT2D eigenvalue weighted by molar-refractivity contribution is -0.147. The van der Waals surface area contributed by atoms with Crippen LogP contribution >= 0.6 is 0 Å². The van der Waals surface area contributed by atoms with E-state index in [1.54, 1.807) is 36.4 Å². The standard InChI is InChI=1S/C20H23NO5S/c1-13-8-10-15(11-9-13)27(25,26)21-12-14-4-2-6-17-16(14)5-3-7-18(17)19(22)20(23)24/h3,5,7-11,14,19,21-22H,2,4,6,12H2,1H3,(H,23,24). The van der Waals surface area contributed by atoms with Crippen LogP contribution in [0.3, 0.4) is 0 Å². The smallest absolute Gasteiger partial charge is 0.337 e. The van der Waals surface area contributed by atoms with Crippen LogP contribution in [0.1, 0.15) is 47.1 Å². The average molecular weight is 389 g/mol. The molecule has 2 atom stereocenters. The molecule has 7 heteroatoms. The predicted octanol–water partition coefficient (Wildman–Crippen LogP) is 2.51. The number of fused-ring (bicyclic) bond motifs is 1. The molecule has 0 bridgehead atoms. The Kier molecular flexibility index (Phi) is 5.64. The van der Waals surface area contributed by atoms with Gasteiger partial charge in [-0.2, -0.15) is 0 Å². The summed E-state index contributed by atoms with van der Waals surface area (Å²) in [5.74, 6) is -1.35. The fourth-order valence-electron chi connectivity index (χ4n) is 3.59. The molecule has 1 aliphatic carbocycles. The number of benzene rings is 2. The first-order chi connectivity index (χ1) is 12.8. The molecule has 3 N–H and O–H groups in total. The van der Waals surface area contributed by atoms with Crippen molar-refractivity contribution in [3.05, 3.63) is 64.7 Å². The highest BCUT2D eigenvalue weighted by Crippen LogP contribution is 2.35. The Bertz CT molecular complexity index is 937. The van der Waals surface area contributed by atoms with Crippen molar-refractivity contribution < 1.29 is 23.4 Å². The highest BCUT2D eigenvalue weighted by Gasteiger charge is 2.28. The second-order valence-electron chi connectivity index (χ2n) is 6.91. The van der Waals surface area contributed by atoms with Gasteiger partial charge in [0.05, 0.1) is 4.90 Å². The summed E-state index contributed by atoms with van der Waals surface area (Å²) in [6.45, 7) is 2.13. The molecule has 2 aromatic rings. The number of carboxylic acid groups (broad SMARTS) is 1. The van der Waals surface area contributed by atoms with Crippen molar-refractivity contribution in [3.63, 3.8) is 0 Å². The van der Waals surface area contributed by atoms with Gasteiger partial charge in [0.15, 0.2) is 6.10 Å².